The first-order chi connectivity index (χ1) is 10.1. The van der Waals surface area contributed by atoms with Gasteiger partial charge in [-0.25, -0.2) is 4.39 Å². The van der Waals surface area contributed by atoms with E-state index in [0.29, 0.717) is 17.1 Å². The average molecular weight is 313 g/mol. The van der Waals surface area contributed by atoms with E-state index in [0.717, 1.165) is 45.4 Å². The summed E-state index contributed by atoms with van der Waals surface area (Å²) in [7, 11) is 0. The second kappa shape index (κ2) is 6.21. The monoisotopic (exact) mass is 312 g/mol. The molecule has 1 aromatic rings. The maximum Gasteiger partial charge on any atom is 0.129 e. The molecule has 21 heavy (non-hydrogen) atoms. The second-order valence-corrected chi connectivity index (χ2v) is 6.77. The highest BCUT2D eigenvalue weighted by Gasteiger charge is 2.43. The lowest BCUT2D eigenvalue weighted by molar-refractivity contribution is -0.0515. The lowest BCUT2D eigenvalue weighted by atomic mass is 9.72. The number of nitrogens with zero attached hydrogens (tertiary/aromatic N) is 1. The summed E-state index contributed by atoms with van der Waals surface area (Å²) < 4.78 is 13.9. The SMILES string of the molecule is O[C@H]1CCNC[C@]12CCCN(Cc1c(F)cccc1Cl)C2. The molecule has 0 saturated carbocycles. The van der Waals surface area contributed by atoms with Gasteiger partial charge in [0, 0.05) is 35.6 Å². The van der Waals surface area contributed by atoms with Crippen LogP contribution in [0, 0.1) is 11.2 Å². The number of halogens is 2. The standard InChI is InChI=1S/C16H22ClFN2O/c17-13-3-1-4-14(18)12(13)9-20-8-2-6-16(11-20)10-19-7-5-15(16)21/h1,3-4,15,19,21H,2,5-11H2/t15-,16-/m0/s1. The number of piperidine rings is 2. The van der Waals surface area contributed by atoms with Gasteiger partial charge in [-0.1, -0.05) is 17.7 Å². The summed E-state index contributed by atoms with van der Waals surface area (Å²) in [6.45, 7) is 3.96. The third-order valence-corrected chi connectivity index (χ3v) is 5.26. The Morgan fingerprint density at radius 1 is 1.48 bits per heavy atom. The summed E-state index contributed by atoms with van der Waals surface area (Å²) in [4.78, 5) is 2.23. The van der Waals surface area contributed by atoms with Crippen LogP contribution in [0.4, 0.5) is 4.39 Å². The maximum absolute atomic E-state index is 13.9. The van der Waals surface area contributed by atoms with Crippen LogP contribution in [0.25, 0.3) is 0 Å². The van der Waals surface area contributed by atoms with Crippen molar-refractivity contribution in [2.45, 2.75) is 31.9 Å². The Morgan fingerprint density at radius 2 is 2.33 bits per heavy atom. The molecule has 2 aliphatic rings. The zero-order chi connectivity index (χ0) is 14.9. The maximum atomic E-state index is 13.9. The van der Waals surface area contributed by atoms with Crippen LogP contribution in [0.2, 0.25) is 5.02 Å². The summed E-state index contributed by atoms with van der Waals surface area (Å²) in [6.07, 6.45) is 2.60. The number of aliphatic hydroxyl groups excluding tert-OH is 1. The molecule has 5 heteroatoms. The second-order valence-electron chi connectivity index (χ2n) is 6.36. The highest BCUT2D eigenvalue weighted by molar-refractivity contribution is 6.31. The Balaban J connectivity index is 1.74. The van der Waals surface area contributed by atoms with E-state index in [1.54, 1.807) is 12.1 Å². The summed E-state index contributed by atoms with van der Waals surface area (Å²) in [5.41, 5.74) is 0.475. The van der Waals surface area contributed by atoms with Crippen LogP contribution < -0.4 is 5.32 Å². The van der Waals surface area contributed by atoms with Crippen molar-refractivity contribution in [2.24, 2.45) is 5.41 Å². The smallest absolute Gasteiger partial charge is 0.129 e. The first-order valence-electron chi connectivity index (χ1n) is 7.65. The molecule has 0 bridgehead atoms. The van der Waals surface area contributed by atoms with Gasteiger partial charge < -0.3 is 10.4 Å². The highest BCUT2D eigenvalue weighted by Crippen LogP contribution is 2.37. The Morgan fingerprint density at radius 3 is 3.10 bits per heavy atom. The Labute approximate surface area is 130 Å². The summed E-state index contributed by atoms with van der Waals surface area (Å²) in [5, 5.41) is 14.3. The van der Waals surface area contributed by atoms with E-state index in [4.69, 9.17) is 11.6 Å². The van der Waals surface area contributed by atoms with Crippen LogP contribution >= 0.6 is 11.6 Å². The van der Waals surface area contributed by atoms with Gasteiger partial charge in [0.05, 0.1) is 6.10 Å². The van der Waals surface area contributed by atoms with Crippen molar-refractivity contribution in [1.29, 1.82) is 0 Å². The van der Waals surface area contributed by atoms with Gasteiger partial charge in [0.2, 0.25) is 0 Å². The summed E-state index contributed by atoms with van der Waals surface area (Å²) in [5.74, 6) is -0.246. The molecule has 0 unspecified atom stereocenters. The number of hydrogen-bond acceptors (Lipinski definition) is 3. The van der Waals surface area contributed by atoms with E-state index in [-0.39, 0.29) is 17.3 Å². The number of benzene rings is 1. The fourth-order valence-electron chi connectivity index (χ4n) is 3.72. The third-order valence-electron chi connectivity index (χ3n) is 4.91. The van der Waals surface area contributed by atoms with E-state index in [9.17, 15) is 9.50 Å². The molecule has 1 aromatic carbocycles. The highest BCUT2D eigenvalue weighted by atomic mass is 35.5. The molecule has 2 heterocycles. The fraction of sp³-hybridized carbons (Fsp3) is 0.625. The zero-order valence-electron chi connectivity index (χ0n) is 12.1. The lowest BCUT2D eigenvalue weighted by Gasteiger charge is -2.48. The van der Waals surface area contributed by atoms with Gasteiger partial charge in [-0.15, -0.1) is 0 Å². The largest absolute Gasteiger partial charge is 0.392 e. The van der Waals surface area contributed by atoms with Gasteiger partial charge >= 0.3 is 0 Å². The molecule has 3 rings (SSSR count). The van der Waals surface area contributed by atoms with Gasteiger partial charge in [0.1, 0.15) is 5.82 Å². The minimum Gasteiger partial charge on any atom is -0.392 e. The molecule has 0 aromatic heterocycles. The van der Waals surface area contributed by atoms with Crippen LogP contribution in [0.1, 0.15) is 24.8 Å². The van der Waals surface area contributed by atoms with Crippen LogP contribution in [-0.2, 0) is 6.54 Å². The minimum absolute atomic E-state index is 0.0891. The van der Waals surface area contributed by atoms with Crippen molar-refractivity contribution >= 4 is 11.6 Å². The van der Waals surface area contributed by atoms with Crippen LogP contribution in [0.15, 0.2) is 18.2 Å². The quantitative estimate of drug-likeness (QED) is 0.880. The Bertz CT molecular complexity index is 489. The number of likely N-dealkylation sites (tertiary alicyclic amines) is 1. The Hall–Kier alpha value is -0.680. The molecule has 0 amide bonds. The molecule has 0 aliphatic carbocycles. The average Bonchev–Trinajstić information content (AvgIpc) is 2.47. The third kappa shape index (κ3) is 3.09. The van der Waals surface area contributed by atoms with E-state index in [1.165, 1.54) is 6.07 Å². The van der Waals surface area contributed by atoms with Gasteiger partial charge in [0.25, 0.3) is 0 Å². The topological polar surface area (TPSA) is 35.5 Å². The molecular weight excluding hydrogens is 291 g/mol. The van der Waals surface area contributed by atoms with E-state index in [1.807, 2.05) is 0 Å². The number of nitrogens with one attached hydrogen (secondary N) is 1. The molecule has 2 saturated heterocycles. The normalized spacial score (nSPS) is 30.7. The fourth-order valence-corrected chi connectivity index (χ4v) is 3.94. The molecule has 0 radical (unpaired) electrons. The lowest BCUT2D eigenvalue weighted by Crippen LogP contribution is -2.57. The van der Waals surface area contributed by atoms with Crippen molar-refractivity contribution in [1.82, 2.24) is 10.2 Å². The molecule has 2 aliphatic heterocycles. The predicted octanol–water partition coefficient (Wildman–Crippen LogP) is 2.42. The van der Waals surface area contributed by atoms with Crippen LogP contribution in [-0.4, -0.2) is 42.3 Å². The predicted molar refractivity (Wildman–Crippen MR) is 81.8 cm³/mol. The number of aliphatic hydroxyl groups is 1. The first kappa shape index (κ1) is 15.2. The van der Waals surface area contributed by atoms with E-state index in [2.05, 4.69) is 10.2 Å². The van der Waals surface area contributed by atoms with Crippen molar-refractivity contribution in [3.63, 3.8) is 0 Å². The molecule has 2 atom stereocenters. The summed E-state index contributed by atoms with van der Waals surface area (Å²) in [6, 6.07) is 4.82. The van der Waals surface area contributed by atoms with Crippen molar-refractivity contribution in [2.75, 3.05) is 26.2 Å². The van der Waals surface area contributed by atoms with Gasteiger partial charge in [0.15, 0.2) is 0 Å². The van der Waals surface area contributed by atoms with Gasteiger partial charge in [-0.3, -0.25) is 4.90 Å². The number of hydrogen-bond donors (Lipinski definition) is 2. The number of rotatable bonds is 2. The van der Waals surface area contributed by atoms with Crippen LogP contribution in [0.3, 0.4) is 0 Å². The first-order valence-corrected chi connectivity index (χ1v) is 8.03. The van der Waals surface area contributed by atoms with E-state index < -0.39 is 0 Å². The molecule has 116 valence electrons. The van der Waals surface area contributed by atoms with Crippen molar-refractivity contribution in [3.05, 3.63) is 34.6 Å². The minimum atomic E-state index is -0.266. The van der Waals surface area contributed by atoms with Crippen molar-refractivity contribution < 1.29 is 9.50 Å². The zero-order valence-corrected chi connectivity index (χ0v) is 12.9. The molecule has 1 spiro atoms. The molecule has 2 N–H and O–H groups in total. The molecule has 2 fully saturated rings. The summed E-state index contributed by atoms with van der Waals surface area (Å²) >= 11 is 6.13. The van der Waals surface area contributed by atoms with Gasteiger partial charge in [-0.2, -0.15) is 0 Å². The van der Waals surface area contributed by atoms with Crippen LogP contribution in [0.5, 0.6) is 0 Å². The van der Waals surface area contributed by atoms with Gasteiger partial charge in [-0.05, 0) is 44.5 Å². The van der Waals surface area contributed by atoms with Crippen molar-refractivity contribution in [3.8, 4) is 0 Å². The molecular formula is C16H22ClFN2O. The van der Waals surface area contributed by atoms with E-state index >= 15 is 0 Å². The Kier molecular flexibility index (Phi) is 4.50. The molecule has 3 nitrogen and oxygen atoms in total.